The van der Waals surface area contributed by atoms with Gasteiger partial charge in [0.05, 0.1) is 12.3 Å². The van der Waals surface area contributed by atoms with Gasteiger partial charge in [0.1, 0.15) is 4.90 Å². The molecule has 0 saturated heterocycles. The zero-order valence-electron chi connectivity index (χ0n) is 11.7. The Bertz CT molecular complexity index is 488. The molecule has 0 radical (unpaired) electrons. The zero-order chi connectivity index (χ0) is 14.3. The lowest BCUT2D eigenvalue weighted by Crippen LogP contribution is -2.30. The normalized spacial score (nSPS) is 11.8. The highest BCUT2D eigenvalue weighted by molar-refractivity contribution is 7.89. The van der Waals surface area contributed by atoms with Crippen molar-refractivity contribution in [1.82, 2.24) is 4.31 Å². The van der Waals surface area contributed by atoms with Crippen molar-refractivity contribution in [2.75, 3.05) is 39.2 Å². The molecule has 0 aromatic heterocycles. The first-order chi connectivity index (χ1) is 9.04. The molecule has 0 amide bonds. The minimum Gasteiger partial charge on any atom is -0.384 e. The van der Waals surface area contributed by atoms with Crippen molar-refractivity contribution in [1.29, 1.82) is 0 Å². The maximum Gasteiger partial charge on any atom is 0.244 e. The minimum absolute atomic E-state index is 0.307. The fourth-order valence-corrected chi connectivity index (χ4v) is 2.92. The third-order valence-corrected chi connectivity index (χ3v) is 4.67. The molecular weight excluding hydrogens is 264 g/mol. The van der Waals surface area contributed by atoms with Crippen LogP contribution in [0.3, 0.4) is 0 Å². The van der Waals surface area contributed by atoms with Gasteiger partial charge in [0.15, 0.2) is 0 Å². The molecule has 5 nitrogen and oxygen atoms in total. The molecule has 0 saturated carbocycles. The number of hydrogen-bond donors (Lipinski definition) is 1. The molecule has 0 unspecified atom stereocenters. The number of benzene rings is 1. The standard InChI is InChI=1S/C13H22N2O3S/c1-4-9-14-12-7-5-6-8-13(12)19(16,17)15(2)10-11-18-3/h5-8,14H,4,9-11H2,1-3H3. The van der Waals surface area contributed by atoms with Crippen LogP contribution in [0.15, 0.2) is 29.2 Å². The summed E-state index contributed by atoms with van der Waals surface area (Å²) in [5, 5.41) is 3.14. The second-order valence-corrected chi connectivity index (χ2v) is 6.26. The number of sulfonamides is 1. The van der Waals surface area contributed by atoms with Crippen LogP contribution >= 0.6 is 0 Å². The number of nitrogens with one attached hydrogen (secondary N) is 1. The molecule has 0 aliphatic rings. The molecule has 19 heavy (non-hydrogen) atoms. The average molecular weight is 286 g/mol. The van der Waals surface area contributed by atoms with Gasteiger partial charge in [0.25, 0.3) is 0 Å². The van der Waals surface area contributed by atoms with E-state index in [-0.39, 0.29) is 0 Å². The lowest BCUT2D eigenvalue weighted by Gasteiger charge is -2.19. The summed E-state index contributed by atoms with van der Waals surface area (Å²) in [4.78, 5) is 0.307. The van der Waals surface area contributed by atoms with Crippen LogP contribution in [0, 0.1) is 0 Å². The summed E-state index contributed by atoms with van der Waals surface area (Å²) < 4.78 is 31.1. The van der Waals surface area contributed by atoms with E-state index in [9.17, 15) is 8.42 Å². The molecule has 1 N–H and O–H groups in total. The van der Waals surface area contributed by atoms with E-state index in [0.29, 0.717) is 23.7 Å². The van der Waals surface area contributed by atoms with E-state index in [2.05, 4.69) is 5.32 Å². The summed E-state index contributed by atoms with van der Waals surface area (Å²) in [5.74, 6) is 0. The second kappa shape index (κ2) is 7.47. The van der Waals surface area contributed by atoms with E-state index in [1.54, 1.807) is 32.4 Å². The fourth-order valence-electron chi connectivity index (χ4n) is 1.61. The van der Waals surface area contributed by atoms with Crippen molar-refractivity contribution in [3.8, 4) is 0 Å². The van der Waals surface area contributed by atoms with E-state index in [1.807, 2.05) is 13.0 Å². The van der Waals surface area contributed by atoms with Gasteiger partial charge in [0, 0.05) is 27.2 Å². The molecule has 0 atom stereocenters. The van der Waals surface area contributed by atoms with Crippen LogP contribution in [-0.2, 0) is 14.8 Å². The van der Waals surface area contributed by atoms with Gasteiger partial charge >= 0.3 is 0 Å². The lowest BCUT2D eigenvalue weighted by atomic mass is 10.3. The first-order valence-corrected chi connectivity index (χ1v) is 7.76. The SMILES string of the molecule is CCCNc1ccccc1S(=O)(=O)N(C)CCOC. The predicted molar refractivity (Wildman–Crippen MR) is 76.9 cm³/mol. The molecule has 6 heteroatoms. The maximum absolute atomic E-state index is 12.5. The van der Waals surface area contributed by atoms with Gasteiger partial charge in [-0.15, -0.1) is 0 Å². The molecule has 0 bridgehead atoms. The first-order valence-electron chi connectivity index (χ1n) is 6.32. The van der Waals surface area contributed by atoms with Gasteiger partial charge in [-0.05, 0) is 18.6 Å². The van der Waals surface area contributed by atoms with Crippen molar-refractivity contribution in [3.05, 3.63) is 24.3 Å². The molecule has 1 rings (SSSR count). The molecule has 1 aromatic carbocycles. The Hall–Kier alpha value is -1.11. The second-order valence-electron chi connectivity index (χ2n) is 4.24. The van der Waals surface area contributed by atoms with Crippen LogP contribution in [0.5, 0.6) is 0 Å². The topological polar surface area (TPSA) is 58.6 Å². The maximum atomic E-state index is 12.5. The monoisotopic (exact) mass is 286 g/mol. The predicted octanol–water partition coefficient (Wildman–Crippen LogP) is 1.78. The lowest BCUT2D eigenvalue weighted by molar-refractivity contribution is 0.185. The van der Waals surface area contributed by atoms with E-state index >= 15 is 0 Å². The van der Waals surface area contributed by atoms with Crippen molar-refractivity contribution in [2.45, 2.75) is 18.2 Å². The van der Waals surface area contributed by atoms with E-state index in [1.165, 1.54) is 4.31 Å². The zero-order valence-corrected chi connectivity index (χ0v) is 12.5. The van der Waals surface area contributed by atoms with Gasteiger partial charge in [0.2, 0.25) is 10.0 Å². The third kappa shape index (κ3) is 4.19. The molecule has 0 aliphatic carbocycles. The number of methoxy groups -OCH3 is 1. The summed E-state index contributed by atoms with van der Waals surface area (Å²) >= 11 is 0. The van der Waals surface area contributed by atoms with E-state index in [0.717, 1.165) is 13.0 Å². The highest BCUT2D eigenvalue weighted by atomic mass is 32.2. The van der Waals surface area contributed by atoms with Crippen molar-refractivity contribution in [3.63, 3.8) is 0 Å². The summed E-state index contributed by atoms with van der Waals surface area (Å²) in [6.07, 6.45) is 0.938. The minimum atomic E-state index is -3.48. The van der Waals surface area contributed by atoms with Crippen LogP contribution in [0.1, 0.15) is 13.3 Å². The number of para-hydroxylation sites is 1. The number of anilines is 1. The largest absolute Gasteiger partial charge is 0.384 e. The Balaban J connectivity index is 3.00. The number of rotatable bonds is 8. The number of likely N-dealkylation sites (N-methyl/N-ethyl adjacent to an activating group) is 1. The van der Waals surface area contributed by atoms with Gasteiger partial charge in [-0.2, -0.15) is 4.31 Å². The Morgan fingerprint density at radius 2 is 2.00 bits per heavy atom. The third-order valence-electron chi connectivity index (χ3n) is 2.75. The highest BCUT2D eigenvalue weighted by Gasteiger charge is 2.23. The van der Waals surface area contributed by atoms with E-state index in [4.69, 9.17) is 4.74 Å². The number of ether oxygens (including phenoxy) is 1. The molecule has 0 spiro atoms. The van der Waals surface area contributed by atoms with Crippen molar-refractivity contribution < 1.29 is 13.2 Å². The Morgan fingerprint density at radius 3 is 2.63 bits per heavy atom. The number of nitrogens with zero attached hydrogens (tertiary/aromatic N) is 1. The number of hydrogen-bond acceptors (Lipinski definition) is 4. The quantitative estimate of drug-likeness (QED) is 0.791. The van der Waals surface area contributed by atoms with Crippen LogP contribution < -0.4 is 5.32 Å². The van der Waals surface area contributed by atoms with Crippen LogP contribution in [0.4, 0.5) is 5.69 Å². The summed E-state index contributed by atoms with van der Waals surface area (Å²) in [6.45, 7) is 3.49. The van der Waals surface area contributed by atoms with E-state index < -0.39 is 10.0 Å². The summed E-state index contributed by atoms with van der Waals surface area (Å²) in [6, 6.07) is 6.96. The molecule has 0 heterocycles. The Morgan fingerprint density at radius 1 is 1.32 bits per heavy atom. The van der Waals surface area contributed by atoms with Crippen LogP contribution in [0.25, 0.3) is 0 Å². The fraction of sp³-hybridized carbons (Fsp3) is 0.538. The van der Waals surface area contributed by atoms with Crippen LogP contribution in [0.2, 0.25) is 0 Å². The van der Waals surface area contributed by atoms with Gasteiger partial charge in [-0.1, -0.05) is 19.1 Å². The molecule has 0 fully saturated rings. The summed E-state index contributed by atoms with van der Waals surface area (Å²) in [5.41, 5.74) is 0.647. The van der Waals surface area contributed by atoms with Gasteiger partial charge in [-0.25, -0.2) is 8.42 Å². The molecular formula is C13H22N2O3S. The Labute approximate surface area is 115 Å². The van der Waals surface area contributed by atoms with Crippen molar-refractivity contribution in [2.24, 2.45) is 0 Å². The van der Waals surface area contributed by atoms with Crippen molar-refractivity contribution >= 4 is 15.7 Å². The van der Waals surface area contributed by atoms with Gasteiger partial charge in [-0.3, -0.25) is 0 Å². The smallest absolute Gasteiger partial charge is 0.244 e. The Kier molecular flexibility index (Phi) is 6.27. The first kappa shape index (κ1) is 15.9. The summed E-state index contributed by atoms with van der Waals surface area (Å²) in [7, 11) is -0.368. The highest BCUT2D eigenvalue weighted by Crippen LogP contribution is 2.23. The van der Waals surface area contributed by atoms with Gasteiger partial charge < -0.3 is 10.1 Å². The average Bonchev–Trinajstić information content (AvgIpc) is 2.42. The molecule has 1 aromatic rings. The molecule has 108 valence electrons. The van der Waals surface area contributed by atoms with Crippen LogP contribution in [-0.4, -0.2) is 46.6 Å². The molecule has 0 aliphatic heterocycles.